The van der Waals surface area contributed by atoms with Crippen molar-refractivity contribution in [2.45, 2.75) is 13.8 Å². The molecular formula is C10H13N3OS. The number of nitrogens with one attached hydrogen (secondary N) is 1. The number of hydrogen-bond donors (Lipinski definition) is 3. The van der Waals surface area contributed by atoms with Crippen LogP contribution in [0.5, 0.6) is 5.75 Å². The Labute approximate surface area is 93.8 Å². The SMILES string of the molecule is Cc1ccc(C=NNC(N)=S)c(O)c1C. The molecule has 0 aliphatic heterocycles. The van der Waals surface area contributed by atoms with Crippen molar-refractivity contribution in [3.05, 3.63) is 28.8 Å². The van der Waals surface area contributed by atoms with E-state index in [9.17, 15) is 5.11 Å². The monoisotopic (exact) mass is 223 g/mol. The Kier molecular flexibility index (Phi) is 3.62. The Balaban J connectivity index is 2.92. The van der Waals surface area contributed by atoms with Gasteiger partial charge in [-0.1, -0.05) is 6.07 Å². The summed E-state index contributed by atoms with van der Waals surface area (Å²) >= 11 is 4.58. The third-order valence-corrected chi connectivity index (χ3v) is 2.20. The zero-order chi connectivity index (χ0) is 11.4. The predicted octanol–water partition coefficient (Wildman–Crippen LogP) is 1.18. The van der Waals surface area contributed by atoms with Gasteiger partial charge in [-0.25, -0.2) is 0 Å². The summed E-state index contributed by atoms with van der Waals surface area (Å²) in [5.74, 6) is 0.225. The van der Waals surface area contributed by atoms with Crippen LogP contribution < -0.4 is 11.2 Å². The van der Waals surface area contributed by atoms with E-state index in [0.717, 1.165) is 11.1 Å². The number of rotatable bonds is 2. The van der Waals surface area contributed by atoms with Crippen LogP contribution in [-0.4, -0.2) is 16.4 Å². The summed E-state index contributed by atoms with van der Waals surface area (Å²) < 4.78 is 0. The molecule has 80 valence electrons. The van der Waals surface area contributed by atoms with Gasteiger partial charge in [-0.3, -0.25) is 5.43 Å². The van der Waals surface area contributed by atoms with Gasteiger partial charge in [0.05, 0.1) is 6.21 Å². The van der Waals surface area contributed by atoms with Crippen molar-refractivity contribution in [1.82, 2.24) is 5.43 Å². The largest absolute Gasteiger partial charge is 0.507 e. The quantitative estimate of drug-likeness (QED) is 0.400. The van der Waals surface area contributed by atoms with E-state index in [4.69, 9.17) is 5.73 Å². The first-order valence-corrected chi connectivity index (χ1v) is 4.81. The predicted molar refractivity (Wildman–Crippen MR) is 65.1 cm³/mol. The van der Waals surface area contributed by atoms with Crippen LogP contribution >= 0.6 is 12.2 Å². The topological polar surface area (TPSA) is 70.6 Å². The van der Waals surface area contributed by atoms with Crippen LogP contribution in [0.15, 0.2) is 17.2 Å². The zero-order valence-corrected chi connectivity index (χ0v) is 9.43. The van der Waals surface area contributed by atoms with Crippen molar-refractivity contribution in [2.24, 2.45) is 10.8 Å². The molecule has 0 radical (unpaired) electrons. The summed E-state index contributed by atoms with van der Waals surface area (Å²) in [5.41, 5.74) is 10.1. The molecule has 0 saturated heterocycles. The molecule has 1 aromatic carbocycles. The standard InChI is InChI=1S/C10H13N3OS/c1-6-3-4-8(9(14)7(6)2)5-12-13-10(11)15/h3-5,14H,1-2H3,(H3,11,13,15). The van der Waals surface area contributed by atoms with Crippen LogP contribution in [0.2, 0.25) is 0 Å². The fourth-order valence-corrected chi connectivity index (χ4v) is 1.14. The number of phenolic OH excluding ortho intramolecular Hbond substituents is 1. The van der Waals surface area contributed by atoms with E-state index < -0.39 is 0 Å². The van der Waals surface area contributed by atoms with Gasteiger partial charge in [0.2, 0.25) is 0 Å². The average molecular weight is 223 g/mol. The van der Waals surface area contributed by atoms with Gasteiger partial charge in [0.1, 0.15) is 5.75 Å². The summed E-state index contributed by atoms with van der Waals surface area (Å²) in [6.07, 6.45) is 1.47. The number of aryl methyl sites for hydroxylation is 1. The maximum absolute atomic E-state index is 9.76. The number of phenols is 1. The van der Waals surface area contributed by atoms with E-state index in [0.29, 0.717) is 5.56 Å². The molecule has 1 rings (SSSR count). The molecule has 0 aromatic heterocycles. The Morgan fingerprint density at radius 1 is 1.53 bits per heavy atom. The lowest BCUT2D eigenvalue weighted by Gasteiger charge is -2.05. The molecule has 5 heteroatoms. The maximum atomic E-state index is 9.76. The molecule has 0 fully saturated rings. The highest BCUT2D eigenvalue weighted by Gasteiger charge is 2.03. The summed E-state index contributed by atoms with van der Waals surface area (Å²) in [6, 6.07) is 3.69. The highest BCUT2D eigenvalue weighted by atomic mass is 32.1. The summed E-state index contributed by atoms with van der Waals surface area (Å²) in [5, 5.41) is 13.6. The molecule has 0 bridgehead atoms. The lowest BCUT2D eigenvalue weighted by atomic mass is 10.1. The van der Waals surface area contributed by atoms with Crippen LogP contribution in [0.1, 0.15) is 16.7 Å². The number of aromatic hydroxyl groups is 1. The van der Waals surface area contributed by atoms with Gasteiger partial charge < -0.3 is 10.8 Å². The summed E-state index contributed by atoms with van der Waals surface area (Å²) in [4.78, 5) is 0. The Bertz CT molecular complexity index is 415. The first kappa shape index (κ1) is 11.5. The molecule has 4 nitrogen and oxygen atoms in total. The van der Waals surface area contributed by atoms with Crippen LogP contribution in [0.4, 0.5) is 0 Å². The van der Waals surface area contributed by atoms with Crippen molar-refractivity contribution >= 4 is 23.5 Å². The van der Waals surface area contributed by atoms with E-state index in [1.165, 1.54) is 6.21 Å². The fraction of sp³-hybridized carbons (Fsp3) is 0.200. The zero-order valence-electron chi connectivity index (χ0n) is 8.61. The summed E-state index contributed by atoms with van der Waals surface area (Å²) in [6.45, 7) is 3.78. The second kappa shape index (κ2) is 4.75. The number of hydrazone groups is 1. The second-order valence-electron chi connectivity index (χ2n) is 3.18. The molecule has 0 heterocycles. The lowest BCUT2D eigenvalue weighted by molar-refractivity contribution is 0.469. The third-order valence-electron chi connectivity index (χ3n) is 2.11. The van der Waals surface area contributed by atoms with Gasteiger partial charge in [0.15, 0.2) is 5.11 Å². The van der Waals surface area contributed by atoms with Crippen molar-refractivity contribution in [2.75, 3.05) is 0 Å². The molecule has 1 aromatic rings. The molecule has 4 N–H and O–H groups in total. The Hall–Kier alpha value is -1.62. The van der Waals surface area contributed by atoms with Gasteiger partial charge in [-0.15, -0.1) is 0 Å². The first-order valence-electron chi connectivity index (χ1n) is 4.40. The second-order valence-corrected chi connectivity index (χ2v) is 3.62. The number of thiocarbonyl (C=S) groups is 1. The lowest BCUT2D eigenvalue weighted by Crippen LogP contribution is -2.24. The van der Waals surface area contributed by atoms with Crippen molar-refractivity contribution in [1.29, 1.82) is 0 Å². The molecule has 0 aliphatic carbocycles. The smallest absolute Gasteiger partial charge is 0.184 e. The normalized spacial score (nSPS) is 10.5. The van der Waals surface area contributed by atoms with Crippen molar-refractivity contribution in [3.8, 4) is 5.75 Å². The van der Waals surface area contributed by atoms with Crippen LogP contribution in [-0.2, 0) is 0 Å². The Morgan fingerprint density at radius 3 is 2.80 bits per heavy atom. The molecule has 15 heavy (non-hydrogen) atoms. The van der Waals surface area contributed by atoms with E-state index in [-0.39, 0.29) is 10.9 Å². The minimum Gasteiger partial charge on any atom is -0.507 e. The molecular weight excluding hydrogens is 210 g/mol. The van der Waals surface area contributed by atoms with E-state index in [1.807, 2.05) is 19.9 Å². The molecule has 0 unspecified atom stereocenters. The minimum absolute atomic E-state index is 0.0922. The van der Waals surface area contributed by atoms with E-state index in [2.05, 4.69) is 22.7 Å². The average Bonchev–Trinajstić information content (AvgIpc) is 2.18. The number of hydrogen-bond acceptors (Lipinski definition) is 3. The number of benzene rings is 1. The molecule has 0 spiro atoms. The minimum atomic E-state index is 0.0922. The molecule has 0 aliphatic rings. The van der Waals surface area contributed by atoms with E-state index >= 15 is 0 Å². The molecule has 0 saturated carbocycles. The van der Waals surface area contributed by atoms with Crippen molar-refractivity contribution < 1.29 is 5.11 Å². The van der Waals surface area contributed by atoms with Gasteiger partial charge in [-0.2, -0.15) is 5.10 Å². The van der Waals surface area contributed by atoms with E-state index in [1.54, 1.807) is 6.07 Å². The van der Waals surface area contributed by atoms with Gasteiger partial charge in [0.25, 0.3) is 0 Å². The number of nitrogens with zero attached hydrogens (tertiary/aromatic N) is 1. The molecule has 0 amide bonds. The fourth-order valence-electron chi connectivity index (χ4n) is 1.09. The highest BCUT2D eigenvalue weighted by molar-refractivity contribution is 7.80. The van der Waals surface area contributed by atoms with Crippen LogP contribution in [0.3, 0.4) is 0 Å². The highest BCUT2D eigenvalue weighted by Crippen LogP contribution is 2.23. The summed E-state index contributed by atoms with van der Waals surface area (Å²) in [7, 11) is 0. The van der Waals surface area contributed by atoms with Gasteiger partial charge in [-0.05, 0) is 43.3 Å². The van der Waals surface area contributed by atoms with Gasteiger partial charge in [0, 0.05) is 5.56 Å². The maximum Gasteiger partial charge on any atom is 0.184 e. The first-order chi connectivity index (χ1) is 7.02. The number of nitrogens with two attached hydrogens (primary N) is 1. The van der Waals surface area contributed by atoms with Crippen LogP contribution in [0, 0.1) is 13.8 Å². The molecule has 0 atom stereocenters. The van der Waals surface area contributed by atoms with Gasteiger partial charge >= 0.3 is 0 Å². The third kappa shape index (κ3) is 2.92. The van der Waals surface area contributed by atoms with Crippen LogP contribution in [0.25, 0.3) is 0 Å². The Morgan fingerprint density at radius 2 is 2.20 bits per heavy atom. The van der Waals surface area contributed by atoms with Crippen molar-refractivity contribution in [3.63, 3.8) is 0 Å².